The molecule has 3 rings (SSSR count). The Morgan fingerprint density at radius 1 is 1.28 bits per heavy atom. The molecule has 130 valence electrons. The van der Waals surface area contributed by atoms with Gasteiger partial charge >= 0.3 is 0 Å². The van der Waals surface area contributed by atoms with Crippen molar-refractivity contribution in [3.8, 4) is 0 Å². The van der Waals surface area contributed by atoms with Gasteiger partial charge < -0.3 is 15.3 Å². The summed E-state index contributed by atoms with van der Waals surface area (Å²) in [5.41, 5.74) is 1.80. The molecule has 1 atom stereocenters. The first-order valence-corrected chi connectivity index (χ1v) is 8.35. The predicted molar refractivity (Wildman–Crippen MR) is 94.5 cm³/mol. The highest BCUT2D eigenvalue weighted by Gasteiger charge is 2.29. The van der Waals surface area contributed by atoms with Crippen molar-refractivity contribution in [2.45, 2.75) is 25.8 Å². The van der Waals surface area contributed by atoms with E-state index in [1.165, 1.54) is 0 Å². The van der Waals surface area contributed by atoms with Crippen LogP contribution in [0.5, 0.6) is 0 Å². The lowest BCUT2D eigenvalue weighted by Gasteiger charge is -2.22. The third-order valence-corrected chi connectivity index (χ3v) is 4.34. The summed E-state index contributed by atoms with van der Waals surface area (Å²) in [6, 6.07) is 12.1. The number of aryl methyl sites for hydroxylation is 1. The molecule has 0 aliphatic carbocycles. The fourth-order valence-electron chi connectivity index (χ4n) is 3.04. The van der Waals surface area contributed by atoms with Gasteiger partial charge in [0.25, 0.3) is 11.8 Å². The molecule has 1 fully saturated rings. The number of rotatable bonds is 4. The number of pyridine rings is 1. The van der Waals surface area contributed by atoms with Crippen molar-refractivity contribution in [3.63, 3.8) is 0 Å². The van der Waals surface area contributed by atoms with Crippen LogP contribution in [-0.2, 0) is 0 Å². The third-order valence-electron chi connectivity index (χ3n) is 4.34. The van der Waals surface area contributed by atoms with Crippen LogP contribution in [0.1, 0.15) is 39.3 Å². The van der Waals surface area contributed by atoms with Gasteiger partial charge in [0.15, 0.2) is 0 Å². The average molecular weight is 339 g/mol. The molecule has 6 heteroatoms. The van der Waals surface area contributed by atoms with E-state index in [9.17, 15) is 14.7 Å². The van der Waals surface area contributed by atoms with Crippen LogP contribution in [0.2, 0.25) is 0 Å². The Morgan fingerprint density at radius 3 is 2.84 bits per heavy atom. The number of nitrogens with zero attached hydrogens (tertiary/aromatic N) is 2. The second kappa shape index (κ2) is 7.44. The van der Waals surface area contributed by atoms with E-state index >= 15 is 0 Å². The number of aliphatic hydroxyl groups is 1. The van der Waals surface area contributed by atoms with Crippen LogP contribution in [0.3, 0.4) is 0 Å². The normalized spacial score (nSPS) is 16.7. The van der Waals surface area contributed by atoms with Crippen molar-refractivity contribution in [2.24, 2.45) is 0 Å². The number of carbonyl (C=O) groups is 2. The summed E-state index contributed by atoms with van der Waals surface area (Å²) in [5.74, 6) is -0.157. The van der Waals surface area contributed by atoms with Gasteiger partial charge in [-0.15, -0.1) is 0 Å². The maximum absolute atomic E-state index is 12.6. The Kier molecular flexibility index (Phi) is 5.09. The van der Waals surface area contributed by atoms with Gasteiger partial charge in [0, 0.05) is 12.1 Å². The Labute approximate surface area is 146 Å². The van der Waals surface area contributed by atoms with Crippen LogP contribution in [0.15, 0.2) is 42.5 Å². The van der Waals surface area contributed by atoms with Gasteiger partial charge in [0.2, 0.25) is 0 Å². The first-order valence-electron chi connectivity index (χ1n) is 8.35. The molecule has 0 unspecified atom stereocenters. The SMILES string of the molecule is Cc1cccc(C(=O)Nc2cccc(C(=O)N3CCC[C@@H]3CO)n2)c1. The minimum absolute atomic E-state index is 0.0461. The van der Waals surface area contributed by atoms with Crippen molar-refractivity contribution >= 4 is 17.6 Å². The average Bonchev–Trinajstić information content (AvgIpc) is 3.10. The molecule has 0 radical (unpaired) electrons. The Hall–Kier alpha value is -2.73. The lowest BCUT2D eigenvalue weighted by molar-refractivity contribution is 0.0671. The van der Waals surface area contributed by atoms with Gasteiger partial charge in [-0.05, 0) is 44.0 Å². The van der Waals surface area contributed by atoms with E-state index in [-0.39, 0.29) is 30.2 Å². The zero-order valence-electron chi connectivity index (χ0n) is 14.1. The molecule has 2 N–H and O–H groups in total. The molecule has 2 amide bonds. The highest BCUT2D eigenvalue weighted by atomic mass is 16.3. The molecule has 1 saturated heterocycles. The molecule has 0 spiro atoms. The van der Waals surface area contributed by atoms with Gasteiger partial charge in [-0.3, -0.25) is 9.59 Å². The van der Waals surface area contributed by atoms with Crippen LogP contribution in [0.25, 0.3) is 0 Å². The molecule has 1 aromatic carbocycles. The number of anilines is 1. The number of hydrogen-bond donors (Lipinski definition) is 2. The number of hydrogen-bond acceptors (Lipinski definition) is 4. The molecule has 2 aromatic rings. The third kappa shape index (κ3) is 3.85. The van der Waals surface area contributed by atoms with Crippen LogP contribution < -0.4 is 5.32 Å². The molecule has 2 heterocycles. The van der Waals surface area contributed by atoms with Gasteiger partial charge in [0.05, 0.1) is 12.6 Å². The minimum atomic E-state index is -0.268. The number of nitrogens with one attached hydrogen (secondary N) is 1. The highest BCUT2D eigenvalue weighted by molar-refractivity contribution is 6.04. The van der Waals surface area contributed by atoms with Crippen molar-refractivity contribution in [2.75, 3.05) is 18.5 Å². The lowest BCUT2D eigenvalue weighted by atomic mass is 10.1. The summed E-state index contributed by atoms with van der Waals surface area (Å²) in [7, 11) is 0. The molecular formula is C19H21N3O3. The fourth-order valence-corrected chi connectivity index (χ4v) is 3.04. The number of aliphatic hydroxyl groups excluding tert-OH is 1. The molecule has 1 aliphatic heterocycles. The molecule has 6 nitrogen and oxygen atoms in total. The summed E-state index contributed by atoms with van der Waals surface area (Å²) in [5, 5.41) is 12.1. The molecule has 25 heavy (non-hydrogen) atoms. The first-order chi connectivity index (χ1) is 12.1. The predicted octanol–water partition coefficient (Wildman–Crippen LogP) is 2.24. The first kappa shape index (κ1) is 17.1. The zero-order valence-corrected chi connectivity index (χ0v) is 14.1. The number of likely N-dealkylation sites (tertiary alicyclic amines) is 1. The highest BCUT2D eigenvalue weighted by Crippen LogP contribution is 2.19. The van der Waals surface area contributed by atoms with Crippen molar-refractivity contribution in [1.29, 1.82) is 0 Å². The van der Waals surface area contributed by atoms with E-state index < -0.39 is 0 Å². The minimum Gasteiger partial charge on any atom is -0.394 e. The quantitative estimate of drug-likeness (QED) is 0.895. The second-order valence-electron chi connectivity index (χ2n) is 6.21. The van der Waals surface area contributed by atoms with Crippen LogP contribution in [0, 0.1) is 6.92 Å². The summed E-state index contributed by atoms with van der Waals surface area (Å²) in [6.07, 6.45) is 1.67. The molecule has 1 aliphatic rings. The van der Waals surface area contributed by atoms with Crippen LogP contribution >= 0.6 is 0 Å². The molecule has 0 bridgehead atoms. The second-order valence-corrected chi connectivity index (χ2v) is 6.21. The maximum atomic E-state index is 12.6. The van der Waals surface area contributed by atoms with E-state index in [1.807, 2.05) is 19.1 Å². The number of carbonyl (C=O) groups excluding carboxylic acids is 2. The van der Waals surface area contributed by atoms with E-state index in [1.54, 1.807) is 35.2 Å². The number of amides is 2. The molecular weight excluding hydrogens is 318 g/mol. The van der Waals surface area contributed by atoms with Crippen LogP contribution in [0.4, 0.5) is 5.82 Å². The standard InChI is InChI=1S/C19H21N3O3/c1-13-5-2-6-14(11-13)18(24)21-17-9-3-8-16(20-17)19(25)22-10-4-7-15(22)12-23/h2-3,5-6,8-9,11,15,23H,4,7,10,12H2,1H3,(H,20,21,24)/t15-/m1/s1. The topological polar surface area (TPSA) is 82.5 Å². The smallest absolute Gasteiger partial charge is 0.272 e. The van der Waals surface area contributed by atoms with Gasteiger partial charge in [-0.1, -0.05) is 23.8 Å². The van der Waals surface area contributed by atoms with E-state index in [2.05, 4.69) is 10.3 Å². The summed E-state index contributed by atoms with van der Waals surface area (Å²) in [4.78, 5) is 30.8. The van der Waals surface area contributed by atoms with Gasteiger partial charge in [-0.2, -0.15) is 0 Å². The maximum Gasteiger partial charge on any atom is 0.272 e. The largest absolute Gasteiger partial charge is 0.394 e. The Balaban J connectivity index is 1.75. The van der Waals surface area contributed by atoms with E-state index in [0.29, 0.717) is 17.9 Å². The van der Waals surface area contributed by atoms with E-state index in [0.717, 1.165) is 18.4 Å². The van der Waals surface area contributed by atoms with Gasteiger partial charge in [0.1, 0.15) is 11.5 Å². The number of aromatic nitrogens is 1. The zero-order chi connectivity index (χ0) is 17.8. The van der Waals surface area contributed by atoms with Gasteiger partial charge in [-0.25, -0.2) is 4.98 Å². The van der Waals surface area contributed by atoms with Crippen molar-refractivity contribution in [3.05, 3.63) is 59.3 Å². The molecule has 1 aromatic heterocycles. The fraction of sp³-hybridized carbons (Fsp3) is 0.316. The monoisotopic (exact) mass is 339 g/mol. The lowest BCUT2D eigenvalue weighted by Crippen LogP contribution is -2.38. The van der Waals surface area contributed by atoms with Crippen molar-refractivity contribution in [1.82, 2.24) is 9.88 Å². The Bertz CT molecular complexity index is 791. The summed E-state index contributed by atoms with van der Waals surface area (Å²) >= 11 is 0. The summed E-state index contributed by atoms with van der Waals surface area (Å²) < 4.78 is 0. The summed E-state index contributed by atoms with van der Waals surface area (Å²) in [6.45, 7) is 2.49. The Morgan fingerprint density at radius 2 is 2.08 bits per heavy atom. The van der Waals surface area contributed by atoms with Crippen LogP contribution in [-0.4, -0.2) is 46.0 Å². The number of benzene rings is 1. The van der Waals surface area contributed by atoms with Crippen molar-refractivity contribution < 1.29 is 14.7 Å². The van der Waals surface area contributed by atoms with E-state index in [4.69, 9.17) is 0 Å². The molecule has 0 saturated carbocycles.